The highest BCUT2D eigenvalue weighted by molar-refractivity contribution is 14.1. The van der Waals surface area contributed by atoms with Gasteiger partial charge in [0.15, 0.2) is 23.1 Å². The standard InChI is InChI=1S/C31H31ClINO6/c1-2-39-26-16-19(15-21(33)31(26)40-17-18-6-3-7-20(32)14-18)28-29-22(8-4-10-24(29)35)34(13-12-27(37)38)23-9-5-11-25(36)30(23)28/h3,6-7,14-16,28H,2,4-5,8-13,17H2,1H3,(H,37,38). The number of benzene rings is 2. The SMILES string of the molecule is CCOc1cc(C2C3=C(CCCC3=O)N(CCC(=O)O)C3=C2C(=O)CCC3)cc(I)c1OCc1cccc(Cl)c1. The van der Waals surface area contributed by atoms with Gasteiger partial charge in [0.05, 0.1) is 16.6 Å². The van der Waals surface area contributed by atoms with E-state index in [1.54, 1.807) is 0 Å². The number of Topliss-reactive ketones (excluding diaryl/α,β-unsaturated/α-hetero) is 2. The molecular weight excluding hydrogens is 645 g/mol. The molecule has 1 aliphatic heterocycles. The lowest BCUT2D eigenvalue weighted by Crippen LogP contribution is -2.40. The van der Waals surface area contributed by atoms with Crippen LogP contribution in [0.1, 0.15) is 68.9 Å². The number of ether oxygens (including phenoxy) is 2. The Morgan fingerprint density at radius 3 is 2.30 bits per heavy atom. The Balaban J connectivity index is 1.60. The van der Waals surface area contributed by atoms with Crippen LogP contribution in [0.2, 0.25) is 5.02 Å². The van der Waals surface area contributed by atoms with Gasteiger partial charge < -0.3 is 19.5 Å². The number of carboxylic acid groups (broad SMARTS) is 1. The van der Waals surface area contributed by atoms with Crippen molar-refractivity contribution >= 4 is 51.7 Å². The summed E-state index contributed by atoms with van der Waals surface area (Å²) in [5, 5.41) is 10.0. The van der Waals surface area contributed by atoms with Crippen molar-refractivity contribution in [3.63, 3.8) is 0 Å². The lowest BCUT2D eigenvalue weighted by molar-refractivity contribution is -0.137. The normalized spacial score (nSPS) is 17.6. The highest BCUT2D eigenvalue weighted by Crippen LogP contribution is 2.50. The molecule has 0 atom stereocenters. The van der Waals surface area contributed by atoms with Gasteiger partial charge in [-0.2, -0.15) is 0 Å². The van der Waals surface area contributed by atoms with Crippen LogP contribution in [0.3, 0.4) is 0 Å². The highest BCUT2D eigenvalue weighted by Gasteiger charge is 2.43. The van der Waals surface area contributed by atoms with Gasteiger partial charge in [-0.05, 0) is 90.6 Å². The van der Waals surface area contributed by atoms with Crippen molar-refractivity contribution in [1.82, 2.24) is 4.90 Å². The van der Waals surface area contributed by atoms with E-state index in [9.17, 15) is 19.5 Å². The Morgan fingerprint density at radius 2 is 1.70 bits per heavy atom. The molecule has 2 aliphatic carbocycles. The summed E-state index contributed by atoms with van der Waals surface area (Å²) in [6.07, 6.45) is 3.54. The van der Waals surface area contributed by atoms with Crippen molar-refractivity contribution in [2.45, 2.75) is 64.4 Å². The lowest BCUT2D eigenvalue weighted by Gasteiger charge is -2.44. The molecule has 0 saturated heterocycles. The number of nitrogens with zero attached hydrogens (tertiary/aromatic N) is 1. The number of carbonyl (C=O) groups excluding carboxylic acids is 2. The lowest BCUT2D eigenvalue weighted by atomic mass is 9.71. The second-order valence-corrected chi connectivity index (χ2v) is 11.8. The molecule has 5 rings (SSSR count). The molecule has 1 heterocycles. The summed E-state index contributed by atoms with van der Waals surface area (Å²) in [4.78, 5) is 40.5. The van der Waals surface area contributed by atoms with E-state index in [4.69, 9.17) is 21.1 Å². The van der Waals surface area contributed by atoms with Crippen molar-refractivity contribution in [1.29, 1.82) is 0 Å². The summed E-state index contributed by atoms with van der Waals surface area (Å²) in [5.74, 6) is -0.230. The zero-order chi connectivity index (χ0) is 28.4. The molecule has 0 spiro atoms. The molecular formula is C31H31ClINO6. The molecule has 210 valence electrons. The Hall–Kier alpha value is -2.85. The van der Waals surface area contributed by atoms with Crippen molar-refractivity contribution < 1.29 is 29.0 Å². The highest BCUT2D eigenvalue weighted by atomic mass is 127. The predicted molar refractivity (Wildman–Crippen MR) is 160 cm³/mol. The van der Waals surface area contributed by atoms with Gasteiger partial charge in [-0.25, -0.2) is 0 Å². The van der Waals surface area contributed by atoms with E-state index < -0.39 is 11.9 Å². The molecule has 1 N–H and O–H groups in total. The third kappa shape index (κ3) is 5.79. The summed E-state index contributed by atoms with van der Waals surface area (Å²) < 4.78 is 13.1. The van der Waals surface area contributed by atoms with E-state index in [-0.39, 0.29) is 24.5 Å². The van der Waals surface area contributed by atoms with Crippen LogP contribution < -0.4 is 9.47 Å². The molecule has 0 unspecified atom stereocenters. The molecule has 9 heteroatoms. The van der Waals surface area contributed by atoms with Gasteiger partial charge in [0, 0.05) is 52.9 Å². The zero-order valence-electron chi connectivity index (χ0n) is 22.3. The van der Waals surface area contributed by atoms with Crippen LogP contribution in [0.25, 0.3) is 0 Å². The fourth-order valence-corrected chi connectivity index (χ4v) is 6.96. The molecule has 0 fully saturated rings. The van der Waals surface area contributed by atoms with Crippen LogP contribution in [0, 0.1) is 3.57 Å². The van der Waals surface area contributed by atoms with Gasteiger partial charge in [-0.15, -0.1) is 0 Å². The summed E-state index contributed by atoms with van der Waals surface area (Å²) in [5.41, 5.74) is 4.71. The molecule has 3 aliphatic rings. The molecule has 0 bridgehead atoms. The number of ketones is 2. The molecule has 40 heavy (non-hydrogen) atoms. The van der Waals surface area contributed by atoms with Gasteiger partial charge in [0.25, 0.3) is 0 Å². The summed E-state index contributed by atoms with van der Waals surface area (Å²) in [7, 11) is 0. The van der Waals surface area contributed by atoms with Crippen LogP contribution in [0.5, 0.6) is 11.5 Å². The largest absolute Gasteiger partial charge is 0.490 e. The van der Waals surface area contributed by atoms with Crippen molar-refractivity contribution in [3.05, 3.63) is 78.7 Å². The number of halogens is 2. The van der Waals surface area contributed by atoms with Gasteiger partial charge >= 0.3 is 5.97 Å². The van der Waals surface area contributed by atoms with Gasteiger partial charge in [-0.3, -0.25) is 14.4 Å². The van der Waals surface area contributed by atoms with Crippen molar-refractivity contribution in [3.8, 4) is 11.5 Å². The quantitative estimate of drug-likeness (QED) is 0.292. The molecule has 7 nitrogen and oxygen atoms in total. The Kier molecular flexibility index (Phi) is 8.85. The minimum atomic E-state index is -0.903. The van der Waals surface area contributed by atoms with E-state index in [0.29, 0.717) is 79.4 Å². The maximum Gasteiger partial charge on any atom is 0.305 e. The van der Waals surface area contributed by atoms with Crippen molar-refractivity contribution in [2.75, 3.05) is 13.2 Å². The van der Waals surface area contributed by atoms with Gasteiger partial charge in [0.2, 0.25) is 0 Å². The second-order valence-electron chi connectivity index (χ2n) is 10.2. The van der Waals surface area contributed by atoms with Gasteiger partial charge in [-0.1, -0.05) is 23.7 Å². The van der Waals surface area contributed by atoms with Crippen LogP contribution in [-0.4, -0.2) is 40.7 Å². The monoisotopic (exact) mass is 675 g/mol. The van der Waals surface area contributed by atoms with Crippen LogP contribution in [0.15, 0.2) is 58.9 Å². The van der Waals surface area contributed by atoms with Crippen LogP contribution in [-0.2, 0) is 21.0 Å². The maximum absolute atomic E-state index is 13.5. The average molecular weight is 676 g/mol. The first-order chi connectivity index (χ1) is 19.3. The summed E-state index contributed by atoms with van der Waals surface area (Å²) >= 11 is 8.37. The van der Waals surface area contributed by atoms with Crippen molar-refractivity contribution in [2.24, 2.45) is 0 Å². The average Bonchev–Trinajstić information content (AvgIpc) is 2.91. The number of hydrogen-bond donors (Lipinski definition) is 1. The number of rotatable bonds is 9. The molecule has 0 amide bonds. The van der Waals surface area contributed by atoms with E-state index >= 15 is 0 Å². The maximum atomic E-state index is 13.5. The van der Waals surface area contributed by atoms with E-state index in [2.05, 4.69) is 22.6 Å². The van der Waals surface area contributed by atoms with Crippen LogP contribution in [0.4, 0.5) is 0 Å². The molecule has 0 saturated carbocycles. The number of allylic oxidation sites excluding steroid dienone is 4. The fraction of sp³-hybridized carbons (Fsp3) is 0.387. The van der Waals surface area contributed by atoms with Gasteiger partial charge in [0.1, 0.15) is 6.61 Å². The number of hydrogen-bond acceptors (Lipinski definition) is 6. The minimum Gasteiger partial charge on any atom is -0.490 e. The number of carbonyl (C=O) groups is 3. The van der Waals surface area contributed by atoms with E-state index in [1.807, 2.05) is 48.2 Å². The molecule has 0 aromatic heterocycles. The summed E-state index contributed by atoms with van der Waals surface area (Å²) in [6.45, 7) is 2.87. The smallest absolute Gasteiger partial charge is 0.305 e. The van der Waals surface area contributed by atoms with E-state index in [0.717, 1.165) is 26.1 Å². The first kappa shape index (κ1) is 28.7. The molecule has 0 radical (unpaired) electrons. The topological polar surface area (TPSA) is 93.1 Å². The Bertz CT molecular complexity index is 1390. The Labute approximate surface area is 252 Å². The fourth-order valence-electron chi connectivity index (χ4n) is 5.97. The zero-order valence-corrected chi connectivity index (χ0v) is 25.2. The molecule has 2 aromatic carbocycles. The predicted octanol–water partition coefficient (Wildman–Crippen LogP) is 6.81. The minimum absolute atomic E-state index is 0.0192. The third-order valence-electron chi connectivity index (χ3n) is 7.57. The summed E-state index contributed by atoms with van der Waals surface area (Å²) in [6, 6.07) is 11.4. The number of carboxylic acids is 1. The molecule has 2 aromatic rings. The first-order valence-corrected chi connectivity index (χ1v) is 15.1. The van der Waals surface area contributed by atoms with Crippen LogP contribution >= 0.6 is 34.2 Å². The Morgan fingerprint density at radius 1 is 1.02 bits per heavy atom. The van der Waals surface area contributed by atoms with E-state index in [1.165, 1.54) is 0 Å². The third-order valence-corrected chi connectivity index (χ3v) is 8.61. The number of aliphatic carboxylic acids is 1. The second kappa shape index (κ2) is 12.3. The first-order valence-electron chi connectivity index (χ1n) is 13.6.